The van der Waals surface area contributed by atoms with Gasteiger partial charge >= 0.3 is 11.9 Å². The van der Waals surface area contributed by atoms with Crippen molar-refractivity contribution >= 4 is 17.8 Å². The Kier molecular flexibility index (Phi) is 6.21. The average molecular weight is 351 g/mol. The van der Waals surface area contributed by atoms with E-state index in [-0.39, 0.29) is 29.1 Å². The molecule has 1 saturated heterocycles. The van der Waals surface area contributed by atoms with E-state index in [0.29, 0.717) is 31.7 Å². The van der Waals surface area contributed by atoms with Gasteiger partial charge in [0.15, 0.2) is 6.61 Å². The number of methoxy groups -OCH3 is 2. The number of nitrogens with zero attached hydrogens (tertiary/aromatic N) is 1. The number of benzene rings is 1. The molecule has 0 spiro atoms. The molecule has 136 valence electrons. The third-order valence-corrected chi connectivity index (χ3v) is 4.13. The zero-order chi connectivity index (χ0) is 18.4. The molecule has 1 aromatic carbocycles. The third-order valence-electron chi connectivity index (χ3n) is 4.13. The predicted octanol–water partition coefficient (Wildman–Crippen LogP) is 0.969. The molecule has 8 nitrogen and oxygen atoms in total. The first-order chi connectivity index (χ1) is 12.0. The second-order valence-electron chi connectivity index (χ2n) is 5.64. The highest BCUT2D eigenvalue weighted by atomic mass is 16.5. The summed E-state index contributed by atoms with van der Waals surface area (Å²) in [6, 6.07) is 4.15. The quantitative estimate of drug-likeness (QED) is 0.789. The number of likely N-dealkylation sites (tertiary alicyclic amines) is 1. The van der Waals surface area contributed by atoms with E-state index in [2.05, 4.69) is 0 Å². The van der Waals surface area contributed by atoms with Crippen LogP contribution in [0.25, 0.3) is 0 Å². The Labute approximate surface area is 145 Å². The Bertz CT molecular complexity index is 650. The number of carbonyl (C=O) groups is 3. The molecule has 1 aliphatic heterocycles. The molecule has 2 rings (SSSR count). The normalized spacial score (nSPS) is 14.7. The summed E-state index contributed by atoms with van der Waals surface area (Å²) in [5.41, 5.74) is -0.0726. The van der Waals surface area contributed by atoms with Gasteiger partial charge < -0.3 is 24.2 Å². The molecular formula is C17H21NO7. The van der Waals surface area contributed by atoms with Gasteiger partial charge in [-0.3, -0.25) is 9.59 Å². The van der Waals surface area contributed by atoms with Gasteiger partial charge in [-0.1, -0.05) is 0 Å². The number of phenols is 1. The molecule has 0 atom stereocenters. The van der Waals surface area contributed by atoms with Crippen molar-refractivity contribution in [2.24, 2.45) is 5.92 Å². The number of aromatic hydroxyl groups is 1. The van der Waals surface area contributed by atoms with Crippen molar-refractivity contribution in [3.05, 3.63) is 23.8 Å². The molecular weight excluding hydrogens is 330 g/mol. The number of piperidine rings is 1. The number of hydrogen-bond acceptors (Lipinski definition) is 7. The average Bonchev–Trinajstić information content (AvgIpc) is 2.65. The van der Waals surface area contributed by atoms with Crippen LogP contribution in [-0.2, 0) is 19.1 Å². The van der Waals surface area contributed by atoms with E-state index >= 15 is 0 Å². The number of amides is 1. The zero-order valence-electron chi connectivity index (χ0n) is 14.2. The van der Waals surface area contributed by atoms with Crippen molar-refractivity contribution < 1.29 is 33.7 Å². The van der Waals surface area contributed by atoms with Crippen LogP contribution < -0.4 is 4.74 Å². The van der Waals surface area contributed by atoms with Gasteiger partial charge in [-0.05, 0) is 31.0 Å². The molecule has 0 radical (unpaired) electrons. The number of hydrogen-bond donors (Lipinski definition) is 1. The fourth-order valence-electron chi connectivity index (χ4n) is 2.63. The van der Waals surface area contributed by atoms with Crippen molar-refractivity contribution in [3.63, 3.8) is 0 Å². The van der Waals surface area contributed by atoms with Gasteiger partial charge in [0.1, 0.15) is 17.1 Å². The molecule has 0 saturated carbocycles. The van der Waals surface area contributed by atoms with E-state index in [1.54, 1.807) is 0 Å². The van der Waals surface area contributed by atoms with Crippen LogP contribution in [0, 0.1) is 5.92 Å². The zero-order valence-corrected chi connectivity index (χ0v) is 14.2. The van der Waals surface area contributed by atoms with Crippen LogP contribution in [0.5, 0.6) is 11.5 Å². The van der Waals surface area contributed by atoms with Crippen LogP contribution in [0.4, 0.5) is 0 Å². The second-order valence-corrected chi connectivity index (χ2v) is 5.64. The van der Waals surface area contributed by atoms with Crippen LogP contribution in [0.3, 0.4) is 0 Å². The molecule has 1 aliphatic rings. The van der Waals surface area contributed by atoms with E-state index in [0.717, 1.165) is 0 Å². The largest absolute Gasteiger partial charge is 0.507 e. The summed E-state index contributed by atoms with van der Waals surface area (Å²) in [4.78, 5) is 37.2. The number of carbonyl (C=O) groups excluding carboxylic acids is 3. The first kappa shape index (κ1) is 18.6. The van der Waals surface area contributed by atoms with E-state index < -0.39 is 12.6 Å². The minimum Gasteiger partial charge on any atom is -0.507 e. The second kappa shape index (κ2) is 8.36. The Morgan fingerprint density at radius 1 is 1.20 bits per heavy atom. The van der Waals surface area contributed by atoms with Gasteiger partial charge in [-0.2, -0.15) is 0 Å². The van der Waals surface area contributed by atoms with Crippen molar-refractivity contribution in [1.29, 1.82) is 0 Å². The highest BCUT2D eigenvalue weighted by molar-refractivity contribution is 5.94. The molecule has 1 fully saturated rings. The number of ether oxygens (including phenoxy) is 3. The van der Waals surface area contributed by atoms with Crippen molar-refractivity contribution in [2.75, 3.05) is 33.9 Å². The summed E-state index contributed by atoms with van der Waals surface area (Å²) in [5.74, 6) is -1.50. The maximum atomic E-state index is 12.1. The molecule has 0 unspecified atom stereocenters. The van der Waals surface area contributed by atoms with Crippen LogP contribution in [-0.4, -0.2) is 61.8 Å². The van der Waals surface area contributed by atoms with E-state index in [1.807, 2.05) is 0 Å². The molecule has 1 amide bonds. The van der Waals surface area contributed by atoms with Crippen LogP contribution in [0.15, 0.2) is 18.2 Å². The lowest BCUT2D eigenvalue weighted by Crippen LogP contribution is -2.42. The van der Waals surface area contributed by atoms with Gasteiger partial charge in [0, 0.05) is 13.1 Å². The maximum Gasteiger partial charge on any atom is 0.342 e. The third kappa shape index (κ3) is 4.62. The lowest BCUT2D eigenvalue weighted by molar-refractivity contribution is -0.149. The Hall–Kier alpha value is -2.77. The molecule has 0 aromatic heterocycles. The Morgan fingerprint density at radius 2 is 1.88 bits per heavy atom. The lowest BCUT2D eigenvalue weighted by Gasteiger charge is -2.30. The van der Waals surface area contributed by atoms with E-state index in [1.165, 1.54) is 37.3 Å². The topological polar surface area (TPSA) is 102 Å². The van der Waals surface area contributed by atoms with Crippen molar-refractivity contribution in [1.82, 2.24) is 4.90 Å². The summed E-state index contributed by atoms with van der Waals surface area (Å²) in [6.07, 6.45) is 1.03. The van der Waals surface area contributed by atoms with Crippen LogP contribution >= 0.6 is 0 Å². The van der Waals surface area contributed by atoms with Gasteiger partial charge in [0.2, 0.25) is 0 Å². The summed E-state index contributed by atoms with van der Waals surface area (Å²) in [7, 11) is 2.77. The Balaban J connectivity index is 1.86. The van der Waals surface area contributed by atoms with Gasteiger partial charge in [0.05, 0.1) is 20.1 Å². The fourth-order valence-corrected chi connectivity index (χ4v) is 2.63. The summed E-state index contributed by atoms with van der Waals surface area (Å²) < 4.78 is 14.7. The standard InChI is InChI=1S/C17H21NO7/c1-23-12-3-4-14(19)13(9-12)17(22)25-10-15(20)18-7-5-11(6-8-18)16(21)24-2/h3-4,9,11,19H,5-8,10H2,1-2H3. The van der Waals surface area contributed by atoms with E-state index in [9.17, 15) is 19.5 Å². The monoisotopic (exact) mass is 351 g/mol. The number of phenolic OH excluding ortho intramolecular Hbond substituents is 1. The molecule has 1 aromatic rings. The first-order valence-electron chi connectivity index (χ1n) is 7.86. The highest BCUT2D eigenvalue weighted by Crippen LogP contribution is 2.24. The number of esters is 2. The minimum absolute atomic E-state index is 0.0726. The highest BCUT2D eigenvalue weighted by Gasteiger charge is 2.28. The van der Waals surface area contributed by atoms with Crippen molar-refractivity contribution in [2.45, 2.75) is 12.8 Å². The summed E-state index contributed by atoms with van der Waals surface area (Å²) in [5, 5.41) is 9.72. The lowest BCUT2D eigenvalue weighted by atomic mass is 9.97. The van der Waals surface area contributed by atoms with Crippen LogP contribution in [0.1, 0.15) is 23.2 Å². The molecule has 25 heavy (non-hydrogen) atoms. The SMILES string of the molecule is COC(=O)C1CCN(C(=O)COC(=O)c2cc(OC)ccc2O)CC1. The first-order valence-corrected chi connectivity index (χ1v) is 7.86. The summed E-state index contributed by atoms with van der Waals surface area (Å²) in [6.45, 7) is 0.374. The Morgan fingerprint density at radius 3 is 2.48 bits per heavy atom. The number of rotatable bonds is 5. The smallest absolute Gasteiger partial charge is 0.342 e. The minimum atomic E-state index is -0.811. The molecule has 1 N–H and O–H groups in total. The van der Waals surface area contributed by atoms with Gasteiger partial charge in [-0.25, -0.2) is 4.79 Å². The summed E-state index contributed by atoms with van der Waals surface area (Å²) >= 11 is 0. The van der Waals surface area contributed by atoms with E-state index in [4.69, 9.17) is 14.2 Å². The van der Waals surface area contributed by atoms with Gasteiger partial charge in [0.25, 0.3) is 5.91 Å². The fraction of sp³-hybridized carbons (Fsp3) is 0.471. The van der Waals surface area contributed by atoms with Gasteiger partial charge in [-0.15, -0.1) is 0 Å². The molecule has 0 aliphatic carbocycles. The maximum absolute atomic E-state index is 12.1. The van der Waals surface area contributed by atoms with Crippen molar-refractivity contribution in [3.8, 4) is 11.5 Å². The molecule has 0 bridgehead atoms. The molecule has 8 heteroatoms. The molecule has 1 heterocycles. The predicted molar refractivity (Wildman–Crippen MR) is 86.3 cm³/mol. The van der Waals surface area contributed by atoms with Crippen LogP contribution in [0.2, 0.25) is 0 Å².